The number of rotatable bonds is 9. The van der Waals surface area contributed by atoms with E-state index in [0.29, 0.717) is 36.9 Å². The Kier molecular flexibility index (Phi) is 6.43. The zero-order valence-corrected chi connectivity index (χ0v) is 12.6. The standard InChI is InChI=1S/C14H20N6O2/c1-2-6-15-9-10-16-11(21)4-5-12-19-14(20-22-12)13-17-7-3-8-18-13/h3,7-8,15H,2,4-6,9-10H2,1H3,(H,16,21). The fraction of sp³-hybridized carbons (Fsp3) is 0.500. The maximum Gasteiger partial charge on any atom is 0.240 e. The summed E-state index contributed by atoms with van der Waals surface area (Å²) in [6, 6.07) is 1.71. The van der Waals surface area contributed by atoms with Crippen molar-refractivity contribution in [2.24, 2.45) is 0 Å². The van der Waals surface area contributed by atoms with Crippen molar-refractivity contribution in [1.29, 1.82) is 0 Å². The zero-order chi connectivity index (χ0) is 15.6. The Morgan fingerprint density at radius 1 is 1.18 bits per heavy atom. The van der Waals surface area contributed by atoms with Crippen molar-refractivity contribution in [1.82, 2.24) is 30.7 Å². The fourth-order valence-electron chi connectivity index (χ4n) is 1.76. The summed E-state index contributed by atoms with van der Waals surface area (Å²) in [4.78, 5) is 23.9. The Morgan fingerprint density at radius 3 is 2.77 bits per heavy atom. The van der Waals surface area contributed by atoms with E-state index in [2.05, 4.69) is 37.7 Å². The molecule has 2 rings (SSSR count). The van der Waals surface area contributed by atoms with Gasteiger partial charge in [-0.2, -0.15) is 4.98 Å². The molecule has 0 radical (unpaired) electrons. The first-order chi connectivity index (χ1) is 10.8. The molecule has 118 valence electrons. The number of carbonyl (C=O) groups is 1. The molecule has 2 heterocycles. The summed E-state index contributed by atoms with van der Waals surface area (Å²) in [6.45, 7) is 4.45. The number of aromatic nitrogens is 4. The highest BCUT2D eigenvalue weighted by atomic mass is 16.5. The van der Waals surface area contributed by atoms with Gasteiger partial charge in [-0.25, -0.2) is 9.97 Å². The summed E-state index contributed by atoms with van der Waals surface area (Å²) in [5, 5.41) is 9.86. The first-order valence-corrected chi connectivity index (χ1v) is 7.37. The van der Waals surface area contributed by atoms with E-state index in [1.54, 1.807) is 18.5 Å². The van der Waals surface area contributed by atoms with Crippen molar-refractivity contribution in [2.75, 3.05) is 19.6 Å². The molecule has 2 aromatic heterocycles. The first kappa shape index (κ1) is 16.0. The highest BCUT2D eigenvalue weighted by Crippen LogP contribution is 2.10. The van der Waals surface area contributed by atoms with Crippen LogP contribution in [-0.2, 0) is 11.2 Å². The van der Waals surface area contributed by atoms with Crippen LogP contribution in [0.4, 0.5) is 0 Å². The number of hydrogen-bond donors (Lipinski definition) is 2. The molecule has 0 saturated heterocycles. The average molecular weight is 304 g/mol. The van der Waals surface area contributed by atoms with Crippen LogP contribution < -0.4 is 10.6 Å². The van der Waals surface area contributed by atoms with Crippen molar-refractivity contribution < 1.29 is 9.32 Å². The number of carbonyl (C=O) groups excluding carboxylic acids is 1. The summed E-state index contributed by atoms with van der Waals surface area (Å²) in [6.07, 6.45) is 5.01. The molecule has 2 aromatic rings. The maximum absolute atomic E-state index is 11.7. The monoisotopic (exact) mass is 304 g/mol. The molecule has 1 amide bonds. The molecule has 0 fully saturated rings. The largest absolute Gasteiger partial charge is 0.355 e. The Morgan fingerprint density at radius 2 is 2.00 bits per heavy atom. The van der Waals surface area contributed by atoms with Crippen LogP contribution in [0.5, 0.6) is 0 Å². The lowest BCUT2D eigenvalue weighted by atomic mass is 10.3. The lowest BCUT2D eigenvalue weighted by molar-refractivity contribution is -0.121. The predicted octanol–water partition coefficient (Wildman–Crippen LogP) is 0.575. The van der Waals surface area contributed by atoms with Gasteiger partial charge in [0.15, 0.2) is 0 Å². The van der Waals surface area contributed by atoms with Gasteiger partial charge in [-0.15, -0.1) is 0 Å². The Bertz CT molecular complexity index is 572. The van der Waals surface area contributed by atoms with E-state index >= 15 is 0 Å². The molecule has 0 bridgehead atoms. The van der Waals surface area contributed by atoms with E-state index in [1.165, 1.54) is 0 Å². The predicted molar refractivity (Wildman–Crippen MR) is 79.8 cm³/mol. The number of hydrogen-bond acceptors (Lipinski definition) is 7. The summed E-state index contributed by atoms with van der Waals surface area (Å²) >= 11 is 0. The molecule has 8 heteroatoms. The third-order valence-electron chi connectivity index (χ3n) is 2.85. The molecule has 0 aliphatic heterocycles. The molecule has 0 saturated carbocycles. The van der Waals surface area contributed by atoms with Gasteiger partial charge < -0.3 is 15.2 Å². The minimum atomic E-state index is -0.0333. The van der Waals surface area contributed by atoms with Gasteiger partial charge in [0.25, 0.3) is 0 Å². The summed E-state index contributed by atoms with van der Waals surface area (Å²) in [7, 11) is 0. The van der Waals surface area contributed by atoms with Gasteiger partial charge in [0.05, 0.1) is 0 Å². The second kappa shape index (κ2) is 8.83. The third-order valence-corrected chi connectivity index (χ3v) is 2.85. The number of amides is 1. The summed E-state index contributed by atoms with van der Waals surface area (Å²) < 4.78 is 5.09. The molecule has 0 aliphatic carbocycles. The Balaban J connectivity index is 1.71. The van der Waals surface area contributed by atoms with Gasteiger partial charge in [0.2, 0.25) is 23.4 Å². The van der Waals surface area contributed by atoms with Crippen LogP contribution in [0.1, 0.15) is 25.7 Å². The molecular weight excluding hydrogens is 284 g/mol. The molecule has 0 aliphatic rings. The number of nitrogens with one attached hydrogen (secondary N) is 2. The number of nitrogens with zero attached hydrogens (tertiary/aromatic N) is 4. The van der Waals surface area contributed by atoms with Crippen molar-refractivity contribution in [2.45, 2.75) is 26.2 Å². The maximum atomic E-state index is 11.7. The van der Waals surface area contributed by atoms with E-state index in [9.17, 15) is 4.79 Å². The van der Waals surface area contributed by atoms with Crippen molar-refractivity contribution in [3.63, 3.8) is 0 Å². The smallest absolute Gasteiger partial charge is 0.240 e. The average Bonchev–Trinajstić information content (AvgIpc) is 3.02. The van der Waals surface area contributed by atoms with Crippen LogP contribution in [0.15, 0.2) is 23.0 Å². The SMILES string of the molecule is CCCNCCNC(=O)CCc1nc(-c2ncccn2)no1. The lowest BCUT2D eigenvalue weighted by Crippen LogP contribution is -2.32. The normalized spacial score (nSPS) is 10.6. The molecular formula is C14H20N6O2. The zero-order valence-electron chi connectivity index (χ0n) is 12.6. The quantitative estimate of drug-likeness (QED) is 0.652. The van der Waals surface area contributed by atoms with Gasteiger partial charge in [-0.05, 0) is 19.0 Å². The van der Waals surface area contributed by atoms with Crippen molar-refractivity contribution in [3.05, 3.63) is 24.4 Å². The van der Waals surface area contributed by atoms with Gasteiger partial charge in [-0.1, -0.05) is 12.1 Å². The van der Waals surface area contributed by atoms with Crippen LogP contribution in [0, 0.1) is 0 Å². The topological polar surface area (TPSA) is 106 Å². The van der Waals surface area contributed by atoms with E-state index in [4.69, 9.17) is 4.52 Å². The highest BCUT2D eigenvalue weighted by molar-refractivity contribution is 5.75. The summed E-state index contributed by atoms with van der Waals surface area (Å²) in [5.74, 6) is 1.11. The Hall–Kier alpha value is -2.35. The third kappa shape index (κ3) is 5.21. The van der Waals surface area contributed by atoms with Crippen molar-refractivity contribution >= 4 is 5.91 Å². The minimum absolute atomic E-state index is 0.0333. The lowest BCUT2D eigenvalue weighted by Gasteiger charge is -2.04. The second-order valence-corrected chi connectivity index (χ2v) is 4.68. The van der Waals surface area contributed by atoms with Gasteiger partial charge in [0.1, 0.15) is 0 Å². The van der Waals surface area contributed by atoms with Crippen LogP contribution in [-0.4, -0.2) is 45.7 Å². The van der Waals surface area contributed by atoms with E-state index in [1.807, 2.05) is 0 Å². The van der Waals surface area contributed by atoms with E-state index in [-0.39, 0.29) is 5.91 Å². The molecule has 0 aromatic carbocycles. The number of aryl methyl sites for hydroxylation is 1. The van der Waals surface area contributed by atoms with Gasteiger partial charge >= 0.3 is 0 Å². The molecule has 0 spiro atoms. The molecule has 22 heavy (non-hydrogen) atoms. The van der Waals surface area contributed by atoms with Crippen LogP contribution in [0.25, 0.3) is 11.6 Å². The molecule has 0 unspecified atom stereocenters. The van der Waals surface area contributed by atoms with E-state index in [0.717, 1.165) is 19.5 Å². The van der Waals surface area contributed by atoms with Crippen LogP contribution in [0.2, 0.25) is 0 Å². The molecule has 2 N–H and O–H groups in total. The van der Waals surface area contributed by atoms with Gasteiger partial charge in [0, 0.05) is 38.3 Å². The minimum Gasteiger partial charge on any atom is -0.355 e. The molecule has 0 atom stereocenters. The van der Waals surface area contributed by atoms with Crippen molar-refractivity contribution in [3.8, 4) is 11.6 Å². The van der Waals surface area contributed by atoms with E-state index < -0.39 is 0 Å². The fourth-order valence-corrected chi connectivity index (χ4v) is 1.76. The molecule has 8 nitrogen and oxygen atoms in total. The summed E-state index contributed by atoms with van der Waals surface area (Å²) in [5.41, 5.74) is 0. The highest BCUT2D eigenvalue weighted by Gasteiger charge is 2.11. The van der Waals surface area contributed by atoms with Crippen LogP contribution >= 0.6 is 0 Å². The Labute approximate surface area is 128 Å². The first-order valence-electron chi connectivity index (χ1n) is 7.37. The second-order valence-electron chi connectivity index (χ2n) is 4.68. The van der Waals surface area contributed by atoms with Crippen LogP contribution in [0.3, 0.4) is 0 Å². The van der Waals surface area contributed by atoms with Gasteiger partial charge in [-0.3, -0.25) is 4.79 Å².